The van der Waals surface area contributed by atoms with Gasteiger partial charge in [0.25, 0.3) is 5.91 Å². The van der Waals surface area contributed by atoms with Gasteiger partial charge in [-0.2, -0.15) is 0 Å². The maximum atomic E-state index is 13.0. The molecule has 1 amide bonds. The lowest BCUT2D eigenvalue weighted by molar-refractivity contribution is 0.0995. The molecule has 0 aliphatic carbocycles. The lowest BCUT2D eigenvalue weighted by atomic mass is 10.1. The Morgan fingerprint density at radius 3 is 3.00 bits per heavy atom. The number of primary amides is 1. The van der Waals surface area contributed by atoms with Crippen molar-refractivity contribution in [2.75, 3.05) is 0 Å². The van der Waals surface area contributed by atoms with Crippen LogP contribution < -0.4 is 10.5 Å². The molecule has 1 aliphatic heterocycles. The molecule has 0 spiro atoms. The zero-order valence-electron chi connectivity index (χ0n) is 7.71. The van der Waals surface area contributed by atoms with Crippen LogP contribution in [0.1, 0.15) is 22.8 Å². The van der Waals surface area contributed by atoms with E-state index < -0.39 is 11.7 Å². The van der Waals surface area contributed by atoms with Gasteiger partial charge in [0.05, 0.1) is 5.56 Å². The van der Waals surface area contributed by atoms with E-state index in [0.717, 1.165) is 6.07 Å². The van der Waals surface area contributed by atoms with Crippen LogP contribution in [0.5, 0.6) is 5.75 Å². The number of carbonyl (C=O) groups is 1. The third-order valence-corrected chi connectivity index (χ3v) is 2.22. The lowest BCUT2D eigenvalue weighted by Gasteiger charge is -2.06. The molecule has 1 aromatic carbocycles. The molecule has 74 valence electrons. The summed E-state index contributed by atoms with van der Waals surface area (Å²) in [5.74, 6) is -0.670. The molecule has 3 nitrogen and oxygen atoms in total. The van der Waals surface area contributed by atoms with E-state index in [1.165, 1.54) is 6.07 Å². The van der Waals surface area contributed by atoms with Crippen LogP contribution in [0, 0.1) is 5.82 Å². The first-order valence-electron chi connectivity index (χ1n) is 4.37. The number of benzene rings is 1. The van der Waals surface area contributed by atoms with Crippen LogP contribution in [0.3, 0.4) is 0 Å². The van der Waals surface area contributed by atoms with E-state index >= 15 is 0 Å². The number of carbonyl (C=O) groups excluding carboxylic acids is 1. The summed E-state index contributed by atoms with van der Waals surface area (Å²) in [5.41, 5.74) is 5.96. The third kappa shape index (κ3) is 1.32. The predicted octanol–water partition coefficient (Wildman–Crippen LogP) is 1.25. The molecule has 0 saturated heterocycles. The van der Waals surface area contributed by atoms with Crippen molar-refractivity contribution in [2.45, 2.75) is 19.4 Å². The van der Waals surface area contributed by atoms with Crippen LogP contribution in [0.25, 0.3) is 0 Å². The van der Waals surface area contributed by atoms with E-state index in [2.05, 4.69) is 0 Å². The molecular formula is C10H10FNO2. The minimum Gasteiger partial charge on any atom is -0.489 e. The van der Waals surface area contributed by atoms with Crippen molar-refractivity contribution in [1.82, 2.24) is 0 Å². The summed E-state index contributed by atoms with van der Waals surface area (Å²) >= 11 is 0. The summed E-state index contributed by atoms with van der Waals surface area (Å²) in [7, 11) is 0. The Labute approximate surface area is 80.7 Å². The van der Waals surface area contributed by atoms with Gasteiger partial charge in [-0.3, -0.25) is 4.79 Å². The quantitative estimate of drug-likeness (QED) is 0.733. The number of amides is 1. The van der Waals surface area contributed by atoms with Crippen molar-refractivity contribution >= 4 is 5.91 Å². The highest BCUT2D eigenvalue weighted by molar-refractivity contribution is 5.96. The molecule has 0 radical (unpaired) electrons. The molecule has 0 fully saturated rings. The van der Waals surface area contributed by atoms with Gasteiger partial charge in [-0.25, -0.2) is 4.39 Å². The Bertz CT molecular complexity index is 403. The highest BCUT2D eigenvalue weighted by Crippen LogP contribution is 2.33. The lowest BCUT2D eigenvalue weighted by Crippen LogP contribution is -2.13. The molecule has 0 saturated carbocycles. The van der Waals surface area contributed by atoms with E-state index in [-0.39, 0.29) is 11.7 Å². The second-order valence-corrected chi connectivity index (χ2v) is 3.44. The zero-order chi connectivity index (χ0) is 10.3. The minimum absolute atomic E-state index is 0.0232. The van der Waals surface area contributed by atoms with Crippen molar-refractivity contribution in [3.05, 3.63) is 29.1 Å². The number of ether oxygens (including phenoxy) is 1. The van der Waals surface area contributed by atoms with E-state index in [9.17, 15) is 9.18 Å². The van der Waals surface area contributed by atoms with Gasteiger partial charge in [0.1, 0.15) is 17.7 Å². The van der Waals surface area contributed by atoms with Gasteiger partial charge in [0.2, 0.25) is 0 Å². The molecule has 14 heavy (non-hydrogen) atoms. The fraction of sp³-hybridized carbons (Fsp3) is 0.300. The van der Waals surface area contributed by atoms with Crippen molar-refractivity contribution in [3.63, 3.8) is 0 Å². The van der Waals surface area contributed by atoms with Crippen molar-refractivity contribution in [1.29, 1.82) is 0 Å². The molecule has 0 bridgehead atoms. The summed E-state index contributed by atoms with van der Waals surface area (Å²) in [6, 6.07) is 2.49. The molecule has 1 atom stereocenters. The molecule has 1 aliphatic rings. The second kappa shape index (κ2) is 2.97. The van der Waals surface area contributed by atoms with Crippen LogP contribution >= 0.6 is 0 Å². The number of rotatable bonds is 1. The number of hydrogen-bond acceptors (Lipinski definition) is 2. The van der Waals surface area contributed by atoms with Gasteiger partial charge in [-0.1, -0.05) is 0 Å². The van der Waals surface area contributed by atoms with Crippen LogP contribution in [0.2, 0.25) is 0 Å². The minimum atomic E-state index is -0.658. The van der Waals surface area contributed by atoms with Crippen LogP contribution in [0.4, 0.5) is 4.39 Å². The fourth-order valence-electron chi connectivity index (χ4n) is 1.68. The molecule has 1 heterocycles. The van der Waals surface area contributed by atoms with Crippen molar-refractivity contribution in [2.24, 2.45) is 5.73 Å². The van der Waals surface area contributed by atoms with Crippen LogP contribution in [-0.4, -0.2) is 12.0 Å². The van der Waals surface area contributed by atoms with Crippen molar-refractivity contribution in [3.8, 4) is 5.75 Å². The predicted molar refractivity (Wildman–Crippen MR) is 48.7 cm³/mol. The van der Waals surface area contributed by atoms with E-state index in [1.807, 2.05) is 6.92 Å². The van der Waals surface area contributed by atoms with Crippen molar-refractivity contribution < 1.29 is 13.9 Å². The maximum absolute atomic E-state index is 13.0. The Hall–Kier alpha value is -1.58. The summed E-state index contributed by atoms with van der Waals surface area (Å²) in [4.78, 5) is 11.0. The average molecular weight is 195 g/mol. The number of halogens is 1. The van der Waals surface area contributed by atoms with Gasteiger partial charge >= 0.3 is 0 Å². The van der Waals surface area contributed by atoms with Crippen LogP contribution in [0.15, 0.2) is 12.1 Å². The molecule has 2 rings (SSSR count). The first-order valence-corrected chi connectivity index (χ1v) is 4.37. The van der Waals surface area contributed by atoms with E-state index in [1.54, 1.807) is 0 Å². The van der Waals surface area contributed by atoms with Gasteiger partial charge in [-0.15, -0.1) is 0 Å². The van der Waals surface area contributed by atoms with E-state index in [0.29, 0.717) is 17.7 Å². The maximum Gasteiger partial charge on any atom is 0.252 e. The smallest absolute Gasteiger partial charge is 0.252 e. The van der Waals surface area contributed by atoms with Gasteiger partial charge in [0, 0.05) is 12.0 Å². The molecule has 0 unspecified atom stereocenters. The molecular weight excluding hydrogens is 185 g/mol. The first-order chi connectivity index (χ1) is 6.58. The summed E-state index contributed by atoms with van der Waals surface area (Å²) in [6.45, 7) is 1.86. The average Bonchev–Trinajstić information content (AvgIpc) is 2.42. The molecule has 1 aromatic rings. The monoisotopic (exact) mass is 195 g/mol. The number of hydrogen-bond donors (Lipinski definition) is 1. The normalized spacial score (nSPS) is 18.9. The summed E-state index contributed by atoms with van der Waals surface area (Å²) in [5, 5.41) is 0. The van der Waals surface area contributed by atoms with Gasteiger partial charge < -0.3 is 10.5 Å². The van der Waals surface area contributed by atoms with Gasteiger partial charge in [0.15, 0.2) is 0 Å². The largest absolute Gasteiger partial charge is 0.489 e. The number of nitrogens with two attached hydrogens (primary N) is 1. The highest BCUT2D eigenvalue weighted by Gasteiger charge is 2.25. The second-order valence-electron chi connectivity index (χ2n) is 3.44. The Kier molecular flexibility index (Phi) is 1.91. The highest BCUT2D eigenvalue weighted by atomic mass is 19.1. The summed E-state index contributed by atoms with van der Waals surface area (Å²) < 4.78 is 18.4. The third-order valence-electron chi connectivity index (χ3n) is 2.22. The van der Waals surface area contributed by atoms with E-state index in [4.69, 9.17) is 10.5 Å². The topological polar surface area (TPSA) is 52.3 Å². The Balaban J connectivity index is 2.57. The fourth-order valence-corrected chi connectivity index (χ4v) is 1.68. The SMILES string of the molecule is C[C@H]1Cc2cc(F)cc(C(N)=O)c2O1. The standard InChI is InChI=1S/C10H10FNO2/c1-5-2-6-3-7(11)4-8(10(12)13)9(6)14-5/h3-5H,2H2,1H3,(H2,12,13)/t5-/m0/s1. The zero-order valence-corrected chi connectivity index (χ0v) is 7.71. The molecule has 0 aromatic heterocycles. The van der Waals surface area contributed by atoms with Crippen LogP contribution in [-0.2, 0) is 6.42 Å². The molecule has 2 N–H and O–H groups in total. The van der Waals surface area contributed by atoms with Gasteiger partial charge in [-0.05, 0) is 19.1 Å². The summed E-state index contributed by atoms with van der Waals surface area (Å²) in [6.07, 6.45) is 0.595. The Morgan fingerprint density at radius 2 is 2.36 bits per heavy atom. The Morgan fingerprint density at radius 1 is 1.64 bits per heavy atom. The number of fused-ring (bicyclic) bond motifs is 1. The molecule has 4 heteroatoms. The first kappa shape index (κ1) is 8.99.